The number of fused-ring (bicyclic) bond motifs is 1. The van der Waals surface area contributed by atoms with Gasteiger partial charge in [-0.15, -0.1) is 11.3 Å². The van der Waals surface area contributed by atoms with Crippen molar-refractivity contribution in [3.05, 3.63) is 53.5 Å². The summed E-state index contributed by atoms with van der Waals surface area (Å²) in [6, 6.07) is 16.0. The molecule has 2 heterocycles. The topological polar surface area (TPSA) is 51.7 Å². The van der Waals surface area contributed by atoms with E-state index in [0.717, 1.165) is 47.8 Å². The zero-order valence-corrected chi connectivity index (χ0v) is 18.2. The molecule has 1 aromatic heterocycles. The second kappa shape index (κ2) is 9.94. The highest BCUT2D eigenvalue weighted by atomic mass is 32.1. The summed E-state index contributed by atoms with van der Waals surface area (Å²) in [5, 5.41) is 1.06. The molecule has 6 heteroatoms. The standard InChI is InChI=1S/C24H28N2O3S/c1-2-28-20-12-4-5-13-21(20)29-17-9-15-23(27)26-16-8-7-11-19(26)24-25-18-10-3-6-14-22(18)30-24/h3-6,10,12-14,19H,2,7-9,11,15-17H2,1H3. The van der Waals surface area contributed by atoms with Crippen LogP contribution in [0.25, 0.3) is 10.2 Å². The highest BCUT2D eigenvalue weighted by molar-refractivity contribution is 7.18. The molecule has 1 fully saturated rings. The first kappa shape index (κ1) is 20.7. The van der Waals surface area contributed by atoms with Crippen LogP contribution >= 0.6 is 11.3 Å². The maximum atomic E-state index is 13.0. The second-order valence-corrected chi connectivity index (χ2v) is 8.51. The van der Waals surface area contributed by atoms with Crippen LogP contribution in [0.5, 0.6) is 11.5 Å². The summed E-state index contributed by atoms with van der Waals surface area (Å²) in [6.07, 6.45) is 4.36. The minimum atomic E-state index is 0.100. The Balaban J connectivity index is 1.35. The van der Waals surface area contributed by atoms with Crippen LogP contribution in [-0.4, -0.2) is 35.5 Å². The number of carbonyl (C=O) groups excluding carboxylic acids is 1. The summed E-state index contributed by atoms with van der Waals surface area (Å²) in [4.78, 5) is 19.9. The number of amides is 1. The fourth-order valence-corrected chi connectivity index (χ4v) is 5.03. The number of para-hydroxylation sites is 3. The summed E-state index contributed by atoms with van der Waals surface area (Å²) < 4.78 is 12.7. The average molecular weight is 425 g/mol. The molecule has 0 aliphatic carbocycles. The number of thiazole rings is 1. The van der Waals surface area contributed by atoms with E-state index in [-0.39, 0.29) is 11.9 Å². The van der Waals surface area contributed by atoms with Gasteiger partial charge >= 0.3 is 0 Å². The van der Waals surface area contributed by atoms with E-state index in [9.17, 15) is 4.79 Å². The van der Waals surface area contributed by atoms with Crippen LogP contribution in [0.1, 0.15) is 50.1 Å². The number of hydrogen-bond donors (Lipinski definition) is 0. The summed E-state index contributed by atoms with van der Waals surface area (Å²) in [7, 11) is 0. The Bertz CT molecular complexity index is 954. The van der Waals surface area contributed by atoms with Crippen LogP contribution in [0.4, 0.5) is 0 Å². The molecule has 4 rings (SSSR count). The maximum Gasteiger partial charge on any atom is 0.223 e. The van der Waals surface area contributed by atoms with Gasteiger partial charge in [0.2, 0.25) is 5.91 Å². The number of hydrogen-bond acceptors (Lipinski definition) is 5. The summed E-state index contributed by atoms with van der Waals surface area (Å²) >= 11 is 1.71. The Hall–Kier alpha value is -2.60. The smallest absolute Gasteiger partial charge is 0.223 e. The molecular formula is C24H28N2O3S. The SMILES string of the molecule is CCOc1ccccc1OCCCC(=O)N1CCCCC1c1nc2ccccc2s1. The van der Waals surface area contributed by atoms with Gasteiger partial charge in [0.05, 0.1) is 29.5 Å². The second-order valence-electron chi connectivity index (χ2n) is 7.45. The van der Waals surface area contributed by atoms with Gasteiger partial charge < -0.3 is 14.4 Å². The van der Waals surface area contributed by atoms with Gasteiger partial charge in [0, 0.05) is 13.0 Å². The van der Waals surface area contributed by atoms with E-state index < -0.39 is 0 Å². The molecule has 0 N–H and O–H groups in total. The van der Waals surface area contributed by atoms with Crippen LogP contribution in [-0.2, 0) is 4.79 Å². The van der Waals surface area contributed by atoms with Crippen LogP contribution in [0.3, 0.4) is 0 Å². The molecule has 3 aromatic rings. The van der Waals surface area contributed by atoms with E-state index >= 15 is 0 Å². The molecule has 5 nitrogen and oxygen atoms in total. The van der Waals surface area contributed by atoms with Gasteiger partial charge in [-0.25, -0.2) is 4.98 Å². The zero-order valence-electron chi connectivity index (χ0n) is 17.4. The predicted molar refractivity (Wildman–Crippen MR) is 120 cm³/mol. The quantitative estimate of drug-likeness (QED) is 0.441. The van der Waals surface area contributed by atoms with Crippen molar-refractivity contribution in [1.29, 1.82) is 0 Å². The van der Waals surface area contributed by atoms with Crippen molar-refractivity contribution >= 4 is 27.5 Å². The third-order valence-corrected chi connectivity index (χ3v) is 6.50. The third-order valence-electron chi connectivity index (χ3n) is 5.36. The Labute approximate surface area is 181 Å². The number of benzene rings is 2. The largest absolute Gasteiger partial charge is 0.490 e. The van der Waals surface area contributed by atoms with Crippen molar-refractivity contribution in [2.75, 3.05) is 19.8 Å². The monoisotopic (exact) mass is 424 g/mol. The number of likely N-dealkylation sites (tertiary alicyclic amines) is 1. The fourth-order valence-electron chi connectivity index (χ4n) is 3.91. The van der Waals surface area contributed by atoms with Crippen molar-refractivity contribution < 1.29 is 14.3 Å². The van der Waals surface area contributed by atoms with Crippen molar-refractivity contribution in [2.24, 2.45) is 0 Å². The van der Waals surface area contributed by atoms with Crippen molar-refractivity contribution in [2.45, 2.75) is 45.1 Å². The predicted octanol–water partition coefficient (Wildman–Crippen LogP) is 5.61. The number of nitrogens with zero attached hydrogens (tertiary/aromatic N) is 2. The highest BCUT2D eigenvalue weighted by Crippen LogP contribution is 2.36. The number of aromatic nitrogens is 1. The molecule has 0 radical (unpaired) electrons. The number of ether oxygens (including phenoxy) is 2. The third kappa shape index (κ3) is 4.75. The van der Waals surface area contributed by atoms with E-state index in [0.29, 0.717) is 26.1 Å². The molecule has 1 aliphatic heterocycles. The van der Waals surface area contributed by atoms with Gasteiger partial charge in [-0.1, -0.05) is 24.3 Å². The molecule has 2 aromatic carbocycles. The lowest BCUT2D eigenvalue weighted by molar-refractivity contribution is -0.135. The molecule has 30 heavy (non-hydrogen) atoms. The minimum absolute atomic E-state index is 0.100. The lowest BCUT2D eigenvalue weighted by Gasteiger charge is -2.34. The molecule has 1 amide bonds. The van der Waals surface area contributed by atoms with E-state index in [1.165, 1.54) is 4.70 Å². The van der Waals surface area contributed by atoms with Gasteiger partial charge in [0.15, 0.2) is 11.5 Å². The average Bonchev–Trinajstić information content (AvgIpc) is 3.22. The van der Waals surface area contributed by atoms with Crippen LogP contribution < -0.4 is 9.47 Å². The zero-order chi connectivity index (χ0) is 20.8. The first-order valence-corrected chi connectivity index (χ1v) is 11.6. The van der Waals surface area contributed by atoms with Gasteiger partial charge in [-0.05, 0) is 56.9 Å². The molecule has 1 unspecified atom stereocenters. The lowest BCUT2D eigenvalue weighted by atomic mass is 10.0. The fraction of sp³-hybridized carbons (Fsp3) is 0.417. The van der Waals surface area contributed by atoms with Crippen molar-refractivity contribution in [3.8, 4) is 11.5 Å². The number of carbonyl (C=O) groups is 1. The summed E-state index contributed by atoms with van der Waals surface area (Å²) in [6.45, 7) is 3.86. The van der Waals surface area contributed by atoms with E-state index in [2.05, 4.69) is 6.07 Å². The molecule has 158 valence electrons. The van der Waals surface area contributed by atoms with Gasteiger partial charge in [0.1, 0.15) is 5.01 Å². The minimum Gasteiger partial charge on any atom is -0.490 e. The van der Waals surface area contributed by atoms with Gasteiger partial charge in [-0.3, -0.25) is 4.79 Å². The molecule has 0 spiro atoms. The molecule has 0 bridgehead atoms. The summed E-state index contributed by atoms with van der Waals surface area (Å²) in [5.41, 5.74) is 1.02. The van der Waals surface area contributed by atoms with E-state index in [4.69, 9.17) is 14.5 Å². The van der Waals surface area contributed by atoms with E-state index in [1.54, 1.807) is 11.3 Å². The van der Waals surface area contributed by atoms with Crippen LogP contribution in [0.2, 0.25) is 0 Å². The van der Waals surface area contributed by atoms with Crippen LogP contribution in [0.15, 0.2) is 48.5 Å². The maximum absolute atomic E-state index is 13.0. The summed E-state index contributed by atoms with van der Waals surface area (Å²) in [5.74, 6) is 1.68. The van der Waals surface area contributed by atoms with Crippen molar-refractivity contribution in [3.63, 3.8) is 0 Å². The normalized spacial score (nSPS) is 16.6. The highest BCUT2D eigenvalue weighted by Gasteiger charge is 2.29. The number of piperidine rings is 1. The Morgan fingerprint density at radius 1 is 1.10 bits per heavy atom. The van der Waals surface area contributed by atoms with Crippen molar-refractivity contribution in [1.82, 2.24) is 9.88 Å². The van der Waals surface area contributed by atoms with E-state index in [1.807, 2.05) is 54.3 Å². The Morgan fingerprint density at radius 2 is 1.87 bits per heavy atom. The van der Waals surface area contributed by atoms with Gasteiger partial charge in [-0.2, -0.15) is 0 Å². The Kier molecular flexibility index (Phi) is 6.84. The molecule has 0 saturated carbocycles. The molecule has 1 atom stereocenters. The molecular weight excluding hydrogens is 396 g/mol. The lowest BCUT2D eigenvalue weighted by Crippen LogP contribution is -2.38. The first-order chi connectivity index (χ1) is 14.8. The molecule has 1 saturated heterocycles. The van der Waals surface area contributed by atoms with Crippen LogP contribution in [0, 0.1) is 0 Å². The number of rotatable bonds is 8. The molecule has 1 aliphatic rings. The first-order valence-electron chi connectivity index (χ1n) is 10.8. The van der Waals surface area contributed by atoms with Gasteiger partial charge in [0.25, 0.3) is 0 Å². The Morgan fingerprint density at radius 3 is 2.67 bits per heavy atom.